The van der Waals surface area contributed by atoms with E-state index in [1.165, 1.54) is 19.1 Å². The summed E-state index contributed by atoms with van der Waals surface area (Å²) in [7, 11) is 0. The average Bonchev–Trinajstić information content (AvgIpc) is 3.39. The van der Waals surface area contributed by atoms with Crippen LogP contribution in [0.1, 0.15) is 79.0 Å². The Morgan fingerprint density at radius 3 is 1.40 bits per heavy atom. The van der Waals surface area contributed by atoms with Crippen molar-refractivity contribution in [1.82, 2.24) is 0 Å². The summed E-state index contributed by atoms with van der Waals surface area (Å²) in [6.07, 6.45) is -7.74. The molecule has 52 heavy (non-hydrogen) atoms. The molecule has 0 aromatic heterocycles. The van der Waals surface area contributed by atoms with Crippen LogP contribution in [0.3, 0.4) is 0 Å². The number of carbonyl (C=O) groups is 5. The van der Waals surface area contributed by atoms with Crippen molar-refractivity contribution >= 4 is 29.8 Å². The van der Waals surface area contributed by atoms with E-state index in [-0.39, 0.29) is 23.1 Å². The maximum atomic E-state index is 14.1. The molecule has 0 amide bonds. The highest BCUT2D eigenvalue weighted by molar-refractivity contribution is 5.91. The molecule has 12 heteroatoms. The third-order valence-electron chi connectivity index (χ3n) is 10.9. The molecule has 1 N–H and O–H groups in total. The summed E-state index contributed by atoms with van der Waals surface area (Å²) in [4.78, 5) is 67.4. The maximum absolute atomic E-state index is 14.1. The van der Waals surface area contributed by atoms with Crippen LogP contribution in [0.4, 0.5) is 0 Å². The third-order valence-corrected chi connectivity index (χ3v) is 10.9. The van der Waals surface area contributed by atoms with E-state index in [1.54, 1.807) is 99.6 Å². The zero-order valence-electron chi connectivity index (χ0n) is 29.8. The Morgan fingerprint density at radius 1 is 0.577 bits per heavy atom. The molecule has 3 aliphatic rings. The van der Waals surface area contributed by atoms with Crippen LogP contribution in [0.5, 0.6) is 0 Å². The first-order chi connectivity index (χ1) is 24.5. The van der Waals surface area contributed by atoms with Crippen molar-refractivity contribution in [3.63, 3.8) is 0 Å². The van der Waals surface area contributed by atoms with Crippen molar-refractivity contribution in [2.24, 2.45) is 11.3 Å². The lowest BCUT2D eigenvalue weighted by Gasteiger charge is -2.66. The lowest BCUT2D eigenvalue weighted by molar-refractivity contribution is -0.356. The van der Waals surface area contributed by atoms with Gasteiger partial charge >= 0.3 is 29.8 Å². The Kier molecular flexibility index (Phi) is 9.52. The average molecular weight is 715 g/mol. The summed E-state index contributed by atoms with van der Waals surface area (Å²) >= 11 is 0. The largest absolute Gasteiger partial charge is 0.455 e. The minimum absolute atomic E-state index is 0.0421. The van der Waals surface area contributed by atoms with Gasteiger partial charge < -0.3 is 33.5 Å². The Balaban J connectivity index is 1.61. The van der Waals surface area contributed by atoms with Gasteiger partial charge in [-0.1, -0.05) is 54.6 Å². The van der Waals surface area contributed by atoms with Gasteiger partial charge in [0.25, 0.3) is 0 Å². The molecular formula is C40H42O12. The number of esters is 5. The molecule has 2 unspecified atom stereocenters. The second kappa shape index (κ2) is 13.5. The van der Waals surface area contributed by atoms with Gasteiger partial charge in [0.05, 0.1) is 27.7 Å². The van der Waals surface area contributed by atoms with Crippen molar-refractivity contribution < 1.29 is 57.5 Å². The topological polar surface area (TPSA) is 161 Å². The normalized spacial score (nSPS) is 32.8. The van der Waals surface area contributed by atoms with E-state index in [2.05, 4.69) is 0 Å². The Morgan fingerprint density at radius 2 is 0.981 bits per heavy atom. The molecule has 3 aromatic carbocycles. The van der Waals surface area contributed by atoms with Crippen LogP contribution in [-0.4, -0.2) is 82.3 Å². The van der Waals surface area contributed by atoms with Gasteiger partial charge in [0.1, 0.15) is 17.3 Å². The zero-order chi connectivity index (χ0) is 37.6. The van der Waals surface area contributed by atoms with Crippen LogP contribution in [0, 0.1) is 11.3 Å². The minimum Gasteiger partial charge on any atom is -0.455 e. The highest BCUT2D eigenvalue weighted by Gasteiger charge is 2.85. The molecule has 3 aromatic rings. The van der Waals surface area contributed by atoms with E-state index in [1.807, 2.05) is 0 Å². The molecule has 6 rings (SSSR count). The van der Waals surface area contributed by atoms with E-state index in [4.69, 9.17) is 28.4 Å². The van der Waals surface area contributed by atoms with E-state index in [9.17, 15) is 29.1 Å². The first-order valence-corrected chi connectivity index (χ1v) is 17.1. The number of fused-ring (bicyclic) bond motifs is 1. The maximum Gasteiger partial charge on any atom is 0.338 e. The molecule has 1 saturated heterocycles. The van der Waals surface area contributed by atoms with Crippen LogP contribution in [0.15, 0.2) is 91.0 Å². The van der Waals surface area contributed by atoms with Crippen molar-refractivity contribution in [2.75, 3.05) is 0 Å². The van der Waals surface area contributed by atoms with Gasteiger partial charge in [-0.3, -0.25) is 9.59 Å². The summed E-state index contributed by atoms with van der Waals surface area (Å²) in [5, 5.41) is 12.8. The molecule has 12 nitrogen and oxygen atoms in total. The summed E-state index contributed by atoms with van der Waals surface area (Å²) in [5.74, 6) is -4.78. The predicted molar refractivity (Wildman–Crippen MR) is 183 cm³/mol. The van der Waals surface area contributed by atoms with Crippen molar-refractivity contribution in [2.45, 2.75) is 95.3 Å². The molecule has 1 spiro atoms. The Hall–Kier alpha value is -5.07. The number of aliphatic hydroxyl groups is 1. The molecule has 9 atom stereocenters. The standard InChI is InChI=1S/C40H42O12/c1-23(41)47-30-32(51-36(45)27-20-14-9-15-21-27)38(5)31(50-35(44)26-18-12-8-13-19-26)29(49-34(43)25-16-10-7-11-17-25)28-22-40(38,52-37(28,3)4)39(6,46)33(30)48-24(2)42/h7-21,28-33,46H,22H2,1-6H3/t28?,29-,30+,31-,32-,33-,38+,39-,40?/m0/s1. The van der Waals surface area contributed by atoms with Gasteiger partial charge in [-0.15, -0.1) is 0 Å². The summed E-state index contributed by atoms with van der Waals surface area (Å²) in [5.41, 5.74) is -6.57. The van der Waals surface area contributed by atoms with Crippen molar-refractivity contribution in [3.05, 3.63) is 108 Å². The second-order valence-corrected chi connectivity index (χ2v) is 14.5. The first kappa shape index (κ1) is 36.7. The quantitative estimate of drug-likeness (QED) is 0.250. The van der Waals surface area contributed by atoms with Crippen LogP contribution >= 0.6 is 0 Å². The predicted octanol–water partition coefficient (Wildman–Crippen LogP) is 4.87. The van der Waals surface area contributed by atoms with Gasteiger partial charge in [-0.2, -0.15) is 0 Å². The lowest BCUT2D eigenvalue weighted by Crippen LogP contribution is -2.84. The number of rotatable bonds is 8. The molecule has 2 bridgehead atoms. The molecule has 274 valence electrons. The highest BCUT2D eigenvalue weighted by atomic mass is 16.6. The fourth-order valence-corrected chi connectivity index (χ4v) is 8.52. The van der Waals surface area contributed by atoms with Crippen LogP contribution < -0.4 is 0 Å². The monoisotopic (exact) mass is 714 g/mol. The smallest absolute Gasteiger partial charge is 0.338 e. The van der Waals surface area contributed by atoms with Crippen LogP contribution in [-0.2, 0) is 38.0 Å². The molecule has 3 fully saturated rings. The summed E-state index contributed by atoms with van der Waals surface area (Å²) in [6, 6.07) is 24.4. The van der Waals surface area contributed by atoms with Crippen LogP contribution in [0.25, 0.3) is 0 Å². The Labute approximate surface area is 301 Å². The minimum atomic E-state index is -2.19. The first-order valence-electron chi connectivity index (χ1n) is 17.1. The van der Waals surface area contributed by atoms with Gasteiger partial charge in [0.2, 0.25) is 0 Å². The Bertz CT molecular complexity index is 1840. The van der Waals surface area contributed by atoms with Gasteiger partial charge in [-0.05, 0) is 70.5 Å². The van der Waals surface area contributed by atoms with Gasteiger partial charge in [0, 0.05) is 19.8 Å². The second-order valence-electron chi connectivity index (χ2n) is 14.5. The van der Waals surface area contributed by atoms with Gasteiger partial charge in [0.15, 0.2) is 24.4 Å². The molecular weight excluding hydrogens is 672 g/mol. The molecule has 1 heterocycles. The molecule has 0 radical (unpaired) electrons. The summed E-state index contributed by atoms with van der Waals surface area (Å²) < 4.78 is 37.5. The SMILES string of the molecule is CC(=O)O[C@@H]1[C@H](OC(=O)c2ccccc2)[C@@]2(C)[C@@H](OC(=O)c3ccccc3)[C@@H](OC(=O)c3ccccc3)C3CC2(OC3(C)C)[C@@](C)(O)[C@H]1OC(C)=O. The van der Waals surface area contributed by atoms with E-state index >= 15 is 0 Å². The number of benzene rings is 3. The van der Waals surface area contributed by atoms with Crippen LogP contribution in [0.2, 0.25) is 0 Å². The third kappa shape index (κ3) is 6.03. The van der Waals surface area contributed by atoms with Gasteiger partial charge in [-0.25, -0.2) is 14.4 Å². The fraction of sp³-hybridized carbons (Fsp3) is 0.425. The van der Waals surface area contributed by atoms with Crippen molar-refractivity contribution in [1.29, 1.82) is 0 Å². The van der Waals surface area contributed by atoms with Crippen molar-refractivity contribution in [3.8, 4) is 0 Å². The zero-order valence-corrected chi connectivity index (χ0v) is 29.8. The number of ether oxygens (including phenoxy) is 6. The number of hydrogen-bond donors (Lipinski definition) is 1. The fourth-order valence-electron chi connectivity index (χ4n) is 8.52. The molecule has 2 aliphatic carbocycles. The summed E-state index contributed by atoms with van der Waals surface area (Å²) in [6.45, 7) is 8.70. The van der Waals surface area contributed by atoms with E-state index in [0.717, 1.165) is 13.8 Å². The molecule has 2 saturated carbocycles. The highest BCUT2D eigenvalue weighted by Crippen LogP contribution is 2.69. The number of carbonyl (C=O) groups excluding carboxylic acids is 5. The van der Waals surface area contributed by atoms with E-state index in [0.29, 0.717) is 0 Å². The van der Waals surface area contributed by atoms with E-state index < -0.39 is 88.5 Å². The molecule has 1 aliphatic heterocycles. The number of hydrogen-bond acceptors (Lipinski definition) is 12. The lowest BCUT2D eigenvalue weighted by atomic mass is 9.46.